The molecule has 8 nitrogen and oxygen atoms in total. The molecule has 2 amide bonds. The van der Waals surface area contributed by atoms with Crippen LogP contribution in [0.4, 0.5) is 4.39 Å². The molecule has 2 saturated heterocycles. The summed E-state index contributed by atoms with van der Waals surface area (Å²) in [5.74, 6) is 0.404. The number of ether oxygens (including phenoxy) is 3. The number of carbonyl (C=O) groups excluding carboxylic acids is 2. The molecule has 0 spiro atoms. The quantitative estimate of drug-likeness (QED) is 0.682. The van der Waals surface area contributed by atoms with Gasteiger partial charge in [0.2, 0.25) is 5.91 Å². The molecule has 9 heteroatoms. The van der Waals surface area contributed by atoms with Crippen molar-refractivity contribution in [2.24, 2.45) is 0 Å². The molecule has 2 aliphatic heterocycles. The molecule has 0 radical (unpaired) electrons. The SMILES string of the molecule is COc1cccc(C(=O)NCC2(F)CCN(CC(=O)N3[C@H](C)COC[C@H]3C)CC2)c1OC. The number of amides is 2. The predicted molar refractivity (Wildman–Crippen MR) is 118 cm³/mol. The zero-order valence-corrected chi connectivity index (χ0v) is 19.4. The van der Waals surface area contributed by atoms with Gasteiger partial charge in [0.25, 0.3) is 5.91 Å². The minimum atomic E-state index is -1.51. The highest BCUT2D eigenvalue weighted by atomic mass is 19.1. The monoisotopic (exact) mass is 451 g/mol. The van der Waals surface area contributed by atoms with Crippen LogP contribution in [0.25, 0.3) is 0 Å². The van der Waals surface area contributed by atoms with Crippen molar-refractivity contribution >= 4 is 11.8 Å². The highest BCUT2D eigenvalue weighted by molar-refractivity contribution is 5.97. The third-order valence-electron chi connectivity index (χ3n) is 6.28. The Hall–Kier alpha value is -2.39. The van der Waals surface area contributed by atoms with E-state index in [0.717, 1.165) is 0 Å². The van der Waals surface area contributed by atoms with Gasteiger partial charge in [0.15, 0.2) is 11.5 Å². The molecule has 0 unspecified atom stereocenters. The van der Waals surface area contributed by atoms with Crippen molar-refractivity contribution in [2.75, 3.05) is 53.6 Å². The van der Waals surface area contributed by atoms with Gasteiger partial charge in [-0.15, -0.1) is 0 Å². The molecule has 1 aromatic rings. The lowest BCUT2D eigenvalue weighted by Crippen LogP contribution is -2.56. The fourth-order valence-corrected chi connectivity index (χ4v) is 4.46. The normalized spacial score (nSPS) is 23.5. The number of methoxy groups -OCH3 is 2. The number of nitrogens with one attached hydrogen (secondary N) is 1. The highest BCUT2D eigenvalue weighted by Crippen LogP contribution is 2.31. The van der Waals surface area contributed by atoms with E-state index in [1.165, 1.54) is 14.2 Å². The Balaban J connectivity index is 1.51. The number of morpholine rings is 1. The Morgan fingerprint density at radius 2 is 1.81 bits per heavy atom. The molecule has 2 aliphatic rings. The number of likely N-dealkylation sites (tertiary alicyclic amines) is 1. The first-order valence-electron chi connectivity index (χ1n) is 11.1. The van der Waals surface area contributed by atoms with E-state index >= 15 is 4.39 Å². The molecule has 3 rings (SSSR count). The maximum absolute atomic E-state index is 15.4. The van der Waals surface area contributed by atoms with Crippen molar-refractivity contribution < 1.29 is 28.2 Å². The summed E-state index contributed by atoms with van der Waals surface area (Å²) in [6, 6.07) is 5.08. The Bertz CT molecular complexity index is 803. The van der Waals surface area contributed by atoms with Gasteiger partial charge in [-0.2, -0.15) is 0 Å². The number of hydrogen-bond donors (Lipinski definition) is 1. The smallest absolute Gasteiger partial charge is 0.255 e. The van der Waals surface area contributed by atoms with Gasteiger partial charge in [-0.1, -0.05) is 6.07 Å². The topological polar surface area (TPSA) is 80.3 Å². The number of hydrogen-bond acceptors (Lipinski definition) is 6. The van der Waals surface area contributed by atoms with Crippen LogP contribution in [0.1, 0.15) is 37.0 Å². The molecular formula is C23H34FN3O5. The standard InChI is InChI=1S/C23H34FN3O5/c1-16-13-32-14-17(2)27(16)20(28)12-26-10-8-23(24,9-11-26)15-25-22(29)18-6-5-7-19(30-3)21(18)31-4/h5-7,16-17H,8-15H2,1-4H3,(H,25,29)/t16-,17-/m1/s1. The Labute approximate surface area is 189 Å². The molecule has 0 aliphatic carbocycles. The van der Waals surface area contributed by atoms with Crippen LogP contribution in [-0.4, -0.2) is 93.0 Å². The zero-order chi connectivity index (χ0) is 23.3. The average molecular weight is 452 g/mol. The van der Waals surface area contributed by atoms with E-state index in [1.54, 1.807) is 18.2 Å². The number of piperidine rings is 1. The summed E-state index contributed by atoms with van der Waals surface area (Å²) in [7, 11) is 2.95. The molecule has 2 heterocycles. The molecule has 1 N–H and O–H groups in total. The van der Waals surface area contributed by atoms with Gasteiger partial charge in [0.1, 0.15) is 5.67 Å². The molecule has 0 bridgehead atoms. The summed E-state index contributed by atoms with van der Waals surface area (Å²) >= 11 is 0. The largest absolute Gasteiger partial charge is 0.493 e. The molecule has 2 fully saturated rings. The third kappa shape index (κ3) is 5.50. The summed E-state index contributed by atoms with van der Waals surface area (Å²) in [5.41, 5.74) is -1.21. The number of rotatable bonds is 7. The fraction of sp³-hybridized carbons (Fsp3) is 0.652. The van der Waals surface area contributed by atoms with Crippen LogP contribution in [0.2, 0.25) is 0 Å². The Morgan fingerprint density at radius 1 is 1.16 bits per heavy atom. The summed E-state index contributed by atoms with van der Waals surface area (Å²) in [6.45, 7) is 6.17. The fourth-order valence-electron chi connectivity index (χ4n) is 4.46. The summed E-state index contributed by atoms with van der Waals surface area (Å²) in [6.07, 6.45) is 0.508. The maximum atomic E-state index is 15.4. The van der Waals surface area contributed by atoms with Crippen molar-refractivity contribution in [2.45, 2.75) is 44.4 Å². The lowest BCUT2D eigenvalue weighted by molar-refractivity contribution is -0.146. The number of halogens is 1. The van der Waals surface area contributed by atoms with E-state index in [-0.39, 0.29) is 43.9 Å². The molecule has 1 aromatic carbocycles. The number of alkyl halides is 1. The van der Waals surface area contributed by atoms with Crippen LogP contribution in [0.5, 0.6) is 11.5 Å². The second kappa shape index (κ2) is 10.5. The molecule has 2 atom stereocenters. The second-order valence-electron chi connectivity index (χ2n) is 8.69. The van der Waals surface area contributed by atoms with Crippen molar-refractivity contribution in [1.82, 2.24) is 15.1 Å². The average Bonchev–Trinajstić information content (AvgIpc) is 2.78. The van der Waals surface area contributed by atoms with Crippen molar-refractivity contribution in [3.63, 3.8) is 0 Å². The van der Waals surface area contributed by atoms with Crippen molar-refractivity contribution in [1.29, 1.82) is 0 Å². The van der Waals surface area contributed by atoms with Gasteiger partial charge in [0.05, 0.1) is 58.2 Å². The van der Waals surface area contributed by atoms with Crippen LogP contribution in [0.15, 0.2) is 18.2 Å². The highest BCUT2D eigenvalue weighted by Gasteiger charge is 2.37. The van der Waals surface area contributed by atoms with E-state index in [9.17, 15) is 9.59 Å². The van der Waals surface area contributed by atoms with Gasteiger partial charge in [-0.25, -0.2) is 4.39 Å². The molecule has 32 heavy (non-hydrogen) atoms. The van der Waals surface area contributed by atoms with E-state index in [0.29, 0.717) is 43.4 Å². The second-order valence-corrected chi connectivity index (χ2v) is 8.69. The summed E-state index contributed by atoms with van der Waals surface area (Å²) < 4.78 is 31.4. The van der Waals surface area contributed by atoms with Crippen LogP contribution >= 0.6 is 0 Å². The molecule has 178 valence electrons. The molecular weight excluding hydrogens is 417 g/mol. The van der Waals surface area contributed by atoms with Gasteiger partial charge in [-0.3, -0.25) is 14.5 Å². The first-order valence-corrected chi connectivity index (χ1v) is 11.1. The van der Waals surface area contributed by atoms with E-state index < -0.39 is 11.6 Å². The first kappa shape index (κ1) is 24.3. The van der Waals surface area contributed by atoms with Gasteiger partial charge < -0.3 is 24.4 Å². The van der Waals surface area contributed by atoms with Crippen LogP contribution in [-0.2, 0) is 9.53 Å². The van der Waals surface area contributed by atoms with Gasteiger partial charge in [-0.05, 0) is 38.8 Å². The van der Waals surface area contributed by atoms with Crippen LogP contribution < -0.4 is 14.8 Å². The summed E-state index contributed by atoms with van der Waals surface area (Å²) in [4.78, 5) is 29.3. The lowest BCUT2D eigenvalue weighted by Gasteiger charge is -2.41. The Morgan fingerprint density at radius 3 is 2.41 bits per heavy atom. The number of carbonyl (C=O) groups is 2. The third-order valence-corrected chi connectivity index (χ3v) is 6.28. The van der Waals surface area contributed by atoms with Gasteiger partial charge in [0, 0.05) is 13.1 Å². The van der Waals surface area contributed by atoms with E-state index in [4.69, 9.17) is 14.2 Å². The predicted octanol–water partition coefficient (Wildman–Crippen LogP) is 1.87. The van der Waals surface area contributed by atoms with Crippen molar-refractivity contribution in [3.8, 4) is 11.5 Å². The van der Waals surface area contributed by atoms with E-state index in [1.807, 2.05) is 23.6 Å². The van der Waals surface area contributed by atoms with Crippen molar-refractivity contribution in [3.05, 3.63) is 23.8 Å². The molecule has 0 aromatic heterocycles. The minimum Gasteiger partial charge on any atom is -0.493 e. The Kier molecular flexibility index (Phi) is 7.95. The lowest BCUT2D eigenvalue weighted by atomic mass is 9.93. The maximum Gasteiger partial charge on any atom is 0.255 e. The van der Waals surface area contributed by atoms with Gasteiger partial charge >= 0.3 is 0 Å². The number of nitrogens with zero attached hydrogens (tertiary/aromatic N) is 2. The number of benzene rings is 1. The molecule has 0 saturated carbocycles. The minimum absolute atomic E-state index is 0.0418. The van der Waals surface area contributed by atoms with E-state index in [2.05, 4.69) is 5.32 Å². The summed E-state index contributed by atoms with van der Waals surface area (Å²) in [5, 5.41) is 2.70. The zero-order valence-electron chi connectivity index (χ0n) is 19.4. The number of para-hydroxylation sites is 1. The van der Waals surface area contributed by atoms with Crippen LogP contribution in [0.3, 0.4) is 0 Å². The first-order chi connectivity index (χ1) is 15.3. The van der Waals surface area contributed by atoms with Crippen LogP contribution in [0, 0.1) is 0 Å².